The van der Waals surface area contributed by atoms with Crippen molar-refractivity contribution < 1.29 is 19.1 Å². The van der Waals surface area contributed by atoms with Gasteiger partial charge in [-0.05, 0) is 18.6 Å². The van der Waals surface area contributed by atoms with Crippen LogP contribution in [0.2, 0.25) is 0 Å². The average Bonchev–Trinajstić information content (AvgIpc) is 2.79. The molecular formula is C15H15FN2O4S. The molecule has 23 heavy (non-hydrogen) atoms. The van der Waals surface area contributed by atoms with Crippen molar-refractivity contribution in [1.29, 1.82) is 0 Å². The fourth-order valence-electron chi connectivity index (χ4n) is 2.14. The monoisotopic (exact) mass is 338 g/mol. The summed E-state index contributed by atoms with van der Waals surface area (Å²) in [6.45, 7) is 1.49. The number of carboxylic acid groups (broad SMARTS) is 1. The summed E-state index contributed by atoms with van der Waals surface area (Å²) in [5, 5.41) is 11.5. The number of hydrogen-bond acceptors (Lipinski definition) is 4. The van der Waals surface area contributed by atoms with E-state index in [0.717, 1.165) is 4.57 Å². The summed E-state index contributed by atoms with van der Waals surface area (Å²) in [5.74, 6) is -2.37. The van der Waals surface area contributed by atoms with Gasteiger partial charge in [0.1, 0.15) is 17.2 Å². The van der Waals surface area contributed by atoms with Crippen molar-refractivity contribution in [3.63, 3.8) is 0 Å². The number of carboxylic acids is 1. The number of nitrogens with zero attached hydrogens (tertiary/aromatic N) is 1. The smallest absolute Gasteiger partial charge is 0.347 e. The maximum absolute atomic E-state index is 13.5. The first-order valence-corrected chi connectivity index (χ1v) is 7.75. The molecule has 0 saturated heterocycles. The summed E-state index contributed by atoms with van der Waals surface area (Å²) in [5.41, 5.74) is 0.329. The van der Waals surface area contributed by atoms with Crippen LogP contribution in [0.4, 0.5) is 10.1 Å². The SMILES string of the molecule is CCCc1c(C(=O)O)sc(=O)n1CC(=O)Nc1ccccc1F. The van der Waals surface area contributed by atoms with Gasteiger partial charge in [0.25, 0.3) is 0 Å². The molecule has 0 aliphatic rings. The van der Waals surface area contributed by atoms with E-state index in [-0.39, 0.29) is 17.1 Å². The zero-order chi connectivity index (χ0) is 17.0. The fraction of sp³-hybridized carbons (Fsp3) is 0.267. The average molecular weight is 338 g/mol. The Balaban J connectivity index is 2.26. The predicted octanol–water partition coefficient (Wildman–Crippen LogP) is 2.34. The first kappa shape index (κ1) is 16.9. The highest BCUT2D eigenvalue weighted by Crippen LogP contribution is 2.16. The molecule has 0 fully saturated rings. The number of carbonyl (C=O) groups is 2. The van der Waals surface area contributed by atoms with Crippen molar-refractivity contribution in [1.82, 2.24) is 4.57 Å². The minimum atomic E-state index is -1.19. The molecule has 0 saturated carbocycles. The minimum absolute atomic E-state index is 0.0104. The largest absolute Gasteiger partial charge is 0.477 e. The molecule has 2 aromatic rings. The number of aromatic nitrogens is 1. The number of amides is 1. The van der Waals surface area contributed by atoms with E-state index in [2.05, 4.69) is 5.32 Å². The summed E-state index contributed by atoms with van der Waals surface area (Å²) in [7, 11) is 0. The quantitative estimate of drug-likeness (QED) is 0.846. The molecule has 0 aliphatic heterocycles. The summed E-state index contributed by atoms with van der Waals surface area (Å²) >= 11 is 0.594. The molecule has 0 spiro atoms. The zero-order valence-electron chi connectivity index (χ0n) is 12.3. The molecule has 1 heterocycles. The second-order valence-electron chi connectivity index (χ2n) is 4.81. The number of para-hydroxylation sites is 1. The van der Waals surface area contributed by atoms with E-state index >= 15 is 0 Å². The molecule has 0 unspecified atom stereocenters. The number of rotatable bonds is 6. The number of halogens is 1. The lowest BCUT2D eigenvalue weighted by Crippen LogP contribution is -2.26. The van der Waals surface area contributed by atoms with Crippen molar-refractivity contribution in [2.45, 2.75) is 26.3 Å². The van der Waals surface area contributed by atoms with Gasteiger partial charge in [-0.15, -0.1) is 0 Å². The number of anilines is 1. The third-order valence-corrected chi connectivity index (χ3v) is 4.14. The summed E-state index contributed by atoms with van der Waals surface area (Å²) in [6.07, 6.45) is 0.999. The number of thiazole rings is 1. The van der Waals surface area contributed by atoms with Crippen LogP contribution in [0, 0.1) is 5.82 Å². The molecule has 6 nitrogen and oxygen atoms in total. The second kappa shape index (κ2) is 7.19. The highest BCUT2D eigenvalue weighted by Gasteiger charge is 2.21. The van der Waals surface area contributed by atoms with E-state index in [1.54, 1.807) is 6.07 Å². The number of benzene rings is 1. The van der Waals surface area contributed by atoms with Gasteiger partial charge in [-0.1, -0.05) is 36.8 Å². The van der Waals surface area contributed by atoms with Crippen molar-refractivity contribution >= 4 is 28.9 Å². The van der Waals surface area contributed by atoms with Crippen molar-refractivity contribution in [3.05, 3.63) is 50.3 Å². The minimum Gasteiger partial charge on any atom is -0.477 e. The molecular weight excluding hydrogens is 323 g/mol. The number of hydrogen-bond donors (Lipinski definition) is 2. The van der Waals surface area contributed by atoms with Gasteiger partial charge in [-0.2, -0.15) is 0 Å². The van der Waals surface area contributed by atoms with Gasteiger partial charge in [0, 0.05) is 5.69 Å². The van der Waals surface area contributed by atoms with Gasteiger partial charge in [0.05, 0.1) is 5.69 Å². The number of aromatic carboxylic acids is 1. The van der Waals surface area contributed by atoms with Crippen LogP contribution in [0.15, 0.2) is 29.1 Å². The van der Waals surface area contributed by atoms with Crippen LogP contribution >= 0.6 is 11.3 Å². The molecule has 8 heteroatoms. The van der Waals surface area contributed by atoms with E-state index in [9.17, 15) is 18.8 Å². The fourth-order valence-corrected chi connectivity index (χ4v) is 3.02. The molecule has 1 amide bonds. The van der Waals surface area contributed by atoms with E-state index in [1.165, 1.54) is 18.2 Å². The maximum atomic E-state index is 13.5. The molecule has 1 aromatic heterocycles. The highest BCUT2D eigenvalue weighted by atomic mass is 32.1. The van der Waals surface area contributed by atoms with Crippen molar-refractivity contribution in [2.75, 3.05) is 5.32 Å². The van der Waals surface area contributed by atoms with E-state index in [0.29, 0.717) is 29.9 Å². The molecule has 0 atom stereocenters. The van der Waals surface area contributed by atoms with Crippen molar-refractivity contribution in [3.8, 4) is 0 Å². The topological polar surface area (TPSA) is 88.4 Å². The second-order valence-corrected chi connectivity index (χ2v) is 5.77. The first-order chi connectivity index (χ1) is 10.9. The first-order valence-electron chi connectivity index (χ1n) is 6.94. The molecule has 0 bridgehead atoms. The van der Waals surface area contributed by atoms with Crippen LogP contribution in [0.3, 0.4) is 0 Å². The van der Waals surface area contributed by atoms with E-state index in [1.807, 2.05) is 6.92 Å². The van der Waals surface area contributed by atoms with Crippen LogP contribution in [0.25, 0.3) is 0 Å². The van der Waals surface area contributed by atoms with Gasteiger partial charge < -0.3 is 10.4 Å². The predicted molar refractivity (Wildman–Crippen MR) is 84.6 cm³/mol. The lowest BCUT2D eigenvalue weighted by atomic mass is 10.2. The standard InChI is InChI=1S/C15H15FN2O4S/c1-2-5-11-13(14(20)21)23-15(22)18(11)8-12(19)17-10-7-4-3-6-9(10)16/h3-4,6-7H,2,5,8H2,1H3,(H,17,19)(H,20,21). The Hall–Kier alpha value is -2.48. The molecule has 122 valence electrons. The molecule has 0 aliphatic carbocycles. The van der Waals surface area contributed by atoms with E-state index < -0.39 is 22.6 Å². The Labute approximate surface area is 135 Å². The van der Waals surface area contributed by atoms with Crippen molar-refractivity contribution in [2.24, 2.45) is 0 Å². The normalized spacial score (nSPS) is 10.5. The Morgan fingerprint density at radius 1 is 1.35 bits per heavy atom. The van der Waals surface area contributed by atoms with Crippen LogP contribution in [0.1, 0.15) is 28.7 Å². The van der Waals surface area contributed by atoms with Crippen LogP contribution in [-0.4, -0.2) is 21.6 Å². The van der Waals surface area contributed by atoms with E-state index in [4.69, 9.17) is 5.11 Å². The van der Waals surface area contributed by atoms with Crippen LogP contribution < -0.4 is 10.2 Å². The van der Waals surface area contributed by atoms with Gasteiger partial charge in [0.15, 0.2) is 0 Å². The van der Waals surface area contributed by atoms with Gasteiger partial charge in [0.2, 0.25) is 5.91 Å². The lowest BCUT2D eigenvalue weighted by Gasteiger charge is -2.09. The third kappa shape index (κ3) is 3.84. The van der Waals surface area contributed by atoms with Gasteiger partial charge >= 0.3 is 10.8 Å². The zero-order valence-corrected chi connectivity index (χ0v) is 13.2. The summed E-state index contributed by atoms with van der Waals surface area (Å²) in [4.78, 5) is 34.6. The maximum Gasteiger partial charge on any atom is 0.347 e. The molecule has 2 rings (SSSR count). The van der Waals surface area contributed by atoms with Gasteiger partial charge in [-0.3, -0.25) is 14.2 Å². The van der Waals surface area contributed by atoms with Crippen LogP contribution in [-0.2, 0) is 17.8 Å². The molecule has 1 aromatic carbocycles. The Bertz CT molecular complexity index is 797. The number of carbonyl (C=O) groups excluding carboxylic acids is 1. The Kier molecular flexibility index (Phi) is 5.28. The summed E-state index contributed by atoms with van der Waals surface area (Å²) in [6, 6.07) is 5.67. The number of nitrogens with one attached hydrogen (secondary N) is 1. The molecule has 0 radical (unpaired) electrons. The summed E-state index contributed by atoms with van der Waals surface area (Å²) < 4.78 is 14.7. The third-order valence-electron chi connectivity index (χ3n) is 3.13. The Morgan fingerprint density at radius 3 is 2.65 bits per heavy atom. The van der Waals surface area contributed by atoms with Gasteiger partial charge in [-0.25, -0.2) is 9.18 Å². The lowest BCUT2D eigenvalue weighted by molar-refractivity contribution is -0.116. The highest BCUT2D eigenvalue weighted by molar-refractivity contribution is 7.11. The molecule has 2 N–H and O–H groups in total. The van der Waals surface area contributed by atoms with Crippen LogP contribution in [0.5, 0.6) is 0 Å². The Morgan fingerprint density at radius 2 is 2.04 bits per heavy atom.